The van der Waals surface area contributed by atoms with E-state index in [4.69, 9.17) is 0 Å². The lowest BCUT2D eigenvalue weighted by Crippen LogP contribution is -2.38. The third-order valence-electron chi connectivity index (χ3n) is 3.67. The fraction of sp³-hybridized carbons (Fsp3) is 0.556. The van der Waals surface area contributed by atoms with Crippen LogP contribution in [0.25, 0.3) is 0 Å². The highest BCUT2D eigenvalue weighted by molar-refractivity contribution is 14.0. The van der Waals surface area contributed by atoms with Crippen LogP contribution in [-0.4, -0.2) is 39.1 Å². The van der Waals surface area contributed by atoms with E-state index in [1.807, 2.05) is 24.3 Å². The molecule has 0 spiro atoms. The minimum Gasteiger partial charge on any atom is -0.356 e. The first kappa shape index (κ1) is 22.7. The highest BCUT2D eigenvalue weighted by Gasteiger charge is 2.04. The minimum atomic E-state index is -0.0515. The van der Waals surface area contributed by atoms with Gasteiger partial charge in [0.15, 0.2) is 5.96 Å². The molecule has 0 fully saturated rings. The molecule has 0 heterocycles. The molecule has 24 heavy (non-hydrogen) atoms. The van der Waals surface area contributed by atoms with Crippen LogP contribution >= 0.6 is 24.0 Å². The normalized spacial score (nSPS) is 10.7. The first-order valence-corrected chi connectivity index (χ1v) is 8.46. The van der Waals surface area contributed by atoms with Crippen LogP contribution in [0.3, 0.4) is 0 Å². The van der Waals surface area contributed by atoms with Gasteiger partial charge in [-0.15, -0.1) is 24.0 Å². The molecule has 5 nitrogen and oxygen atoms in total. The van der Waals surface area contributed by atoms with Crippen molar-refractivity contribution in [1.29, 1.82) is 0 Å². The highest BCUT2D eigenvalue weighted by Crippen LogP contribution is 2.05. The molecule has 0 aromatic heterocycles. The molecular formula is C18H31IN4O. The summed E-state index contributed by atoms with van der Waals surface area (Å²) >= 11 is 0. The Morgan fingerprint density at radius 2 is 1.88 bits per heavy atom. The summed E-state index contributed by atoms with van der Waals surface area (Å²) in [6.07, 6.45) is 5.81. The summed E-state index contributed by atoms with van der Waals surface area (Å²) in [5, 5.41) is 9.28. The first-order chi connectivity index (χ1) is 11.2. The molecule has 0 bridgehead atoms. The molecule has 0 unspecified atom stereocenters. The van der Waals surface area contributed by atoms with Crippen LogP contribution in [0.1, 0.15) is 48.5 Å². The Balaban J connectivity index is 0.00000529. The number of hydrogen-bond donors (Lipinski definition) is 3. The number of unbranched alkanes of at least 4 members (excludes halogenated alkanes) is 3. The van der Waals surface area contributed by atoms with Gasteiger partial charge in [-0.2, -0.15) is 0 Å². The summed E-state index contributed by atoms with van der Waals surface area (Å²) in [6, 6.07) is 7.71. The van der Waals surface area contributed by atoms with Crippen molar-refractivity contribution in [2.24, 2.45) is 4.99 Å². The summed E-state index contributed by atoms with van der Waals surface area (Å²) in [5.41, 5.74) is 1.83. The predicted octanol–water partition coefficient (Wildman–Crippen LogP) is 2.95. The number of carbonyl (C=O) groups is 1. The molecular weight excluding hydrogens is 415 g/mol. The van der Waals surface area contributed by atoms with Crippen molar-refractivity contribution in [2.75, 3.05) is 27.2 Å². The maximum Gasteiger partial charge on any atom is 0.251 e. The second-order valence-electron chi connectivity index (χ2n) is 5.52. The van der Waals surface area contributed by atoms with E-state index in [1.54, 1.807) is 14.1 Å². The smallest absolute Gasteiger partial charge is 0.251 e. The molecule has 0 saturated carbocycles. The molecule has 136 valence electrons. The Kier molecular flexibility index (Phi) is 13.3. The highest BCUT2D eigenvalue weighted by atomic mass is 127. The summed E-state index contributed by atoms with van der Waals surface area (Å²) < 4.78 is 0. The summed E-state index contributed by atoms with van der Waals surface area (Å²) in [5.74, 6) is 0.785. The second-order valence-corrected chi connectivity index (χ2v) is 5.52. The zero-order valence-electron chi connectivity index (χ0n) is 15.0. The second kappa shape index (κ2) is 14.1. The number of benzene rings is 1. The molecule has 0 radical (unpaired) electrons. The van der Waals surface area contributed by atoms with E-state index in [0.717, 1.165) is 31.0 Å². The predicted molar refractivity (Wildman–Crippen MR) is 112 cm³/mol. The van der Waals surface area contributed by atoms with Gasteiger partial charge >= 0.3 is 0 Å². The van der Waals surface area contributed by atoms with Crippen molar-refractivity contribution in [1.82, 2.24) is 16.0 Å². The van der Waals surface area contributed by atoms with E-state index in [2.05, 4.69) is 27.9 Å². The SMILES string of the molecule is CCCCCCNC(=NC)NCCc1cccc(C(=O)NC)c1.I. The van der Waals surface area contributed by atoms with Crippen molar-refractivity contribution < 1.29 is 4.79 Å². The number of halogens is 1. The van der Waals surface area contributed by atoms with Crippen LogP contribution < -0.4 is 16.0 Å². The van der Waals surface area contributed by atoms with Crippen LogP contribution in [-0.2, 0) is 6.42 Å². The molecule has 3 N–H and O–H groups in total. The molecule has 1 rings (SSSR count). The van der Waals surface area contributed by atoms with Gasteiger partial charge in [-0.1, -0.05) is 38.3 Å². The molecule has 0 aliphatic rings. The molecule has 6 heteroatoms. The van der Waals surface area contributed by atoms with E-state index in [0.29, 0.717) is 5.56 Å². The minimum absolute atomic E-state index is 0. The Hall–Kier alpha value is -1.31. The van der Waals surface area contributed by atoms with Gasteiger partial charge < -0.3 is 16.0 Å². The van der Waals surface area contributed by atoms with Gasteiger partial charge in [0.05, 0.1) is 0 Å². The van der Waals surface area contributed by atoms with Gasteiger partial charge in [0.2, 0.25) is 0 Å². The van der Waals surface area contributed by atoms with E-state index in [9.17, 15) is 4.79 Å². The average molecular weight is 446 g/mol. The molecule has 0 saturated heterocycles. The van der Waals surface area contributed by atoms with Crippen molar-refractivity contribution >= 4 is 35.8 Å². The standard InChI is InChI=1S/C18H30N4O.HI/c1-4-5-6-7-12-21-18(20-3)22-13-11-15-9-8-10-16(14-15)17(23)19-2;/h8-10,14H,4-7,11-13H2,1-3H3,(H,19,23)(H2,20,21,22);1H. The largest absolute Gasteiger partial charge is 0.356 e. The van der Waals surface area contributed by atoms with Crippen molar-refractivity contribution in [2.45, 2.75) is 39.0 Å². The van der Waals surface area contributed by atoms with E-state index < -0.39 is 0 Å². The number of guanidine groups is 1. The third-order valence-corrected chi connectivity index (χ3v) is 3.67. The van der Waals surface area contributed by atoms with Crippen LogP contribution in [0, 0.1) is 0 Å². The molecule has 0 atom stereocenters. The lowest BCUT2D eigenvalue weighted by atomic mass is 10.1. The maximum atomic E-state index is 11.6. The van der Waals surface area contributed by atoms with Gasteiger partial charge in [0.25, 0.3) is 5.91 Å². The fourth-order valence-corrected chi connectivity index (χ4v) is 2.32. The lowest BCUT2D eigenvalue weighted by molar-refractivity contribution is 0.0963. The molecule has 0 aliphatic heterocycles. The van der Waals surface area contributed by atoms with Gasteiger partial charge in [0.1, 0.15) is 0 Å². The first-order valence-electron chi connectivity index (χ1n) is 8.46. The Morgan fingerprint density at radius 3 is 2.54 bits per heavy atom. The van der Waals surface area contributed by atoms with Crippen LogP contribution in [0.5, 0.6) is 0 Å². The number of rotatable bonds is 9. The lowest BCUT2D eigenvalue weighted by Gasteiger charge is -2.12. The number of nitrogens with zero attached hydrogens (tertiary/aromatic N) is 1. The van der Waals surface area contributed by atoms with Crippen LogP contribution in [0.4, 0.5) is 0 Å². The zero-order valence-corrected chi connectivity index (χ0v) is 17.4. The van der Waals surface area contributed by atoms with E-state index in [1.165, 1.54) is 25.7 Å². The Labute approximate surface area is 163 Å². The van der Waals surface area contributed by atoms with Crippen molar-refractivity contribution in [3.05, 3.63) is 35.4 Å². The zero-order chi connectivity index (χ0) is 16.9. The van der Waals surface area contributed by atoms with Crippen LogP contribution in [0.2, 0.25) is 0 Å². The maximum absolute atomic E-state index is 11.6. The third kappa shape index (κ3) is 9.10. The number of nitrogens with one attached hydrogen (secondary N) is 3. The number of carbonyl (C=O) groups excluding carboxylic acids is 1. The molecule has 1 aromatic carbocycles. The van der Waals surface area contributed by atoms with E-state index in [-0.39, 0.29) is 29.9 Å². The average Bonchev–Trinajstić information content (AvgIpc) is 2.59. The van der Waals surface area contributed by atoms with Gasteiger partial charge in [-0.25, -0.2) is 0 Å². The monoisotopic (exact) mass is 446 g/mol. The van der Waals surface area contributed by atoms with Crippen molar-refractivity contribution in [3.8, 4) is 0 Å². The number of hydrogen-bond acceptors (Lipinski definition) is 2. The molecule has 1 amide bonds. The quantitative estimate of drug-likeness (QED) is 0.237. The fourth-order valence-electron chi connectivity index (χ4n) is 2.32. The number of aliphatic imine (C=N–C) groups is 1. The molecule has 1 aromatic rings. The topological polar surface area (TPSA) is 65.5 Å². The Bertz CT molecular complexity index is 506. The summed E-state index contributed by atoms with van der Waals surface area (Å²) in [7, 11) is 3.43. The van der Waals surface area contributed by atoms with Crippen molar-refractivity contribution in [3.63, 3.8) is 0 Å². The summed E-state index contributed by atoms with van der Waals surface area (Å²) in [6.45, 7) is 3.95. The summed E-state index contributed by atoms with van der Waals surface area (Å²) in [4.78, 5) is 15.9. The molecule has 0 aliphatic carbocycles. The van der Waals surface area contributed by atoms with Gasteiger partial charge in [-0.05, 0) is 30.5 Å². The van der Waals surface area contributed by atoms with Crippen LogP contribution in [0.15, 0.2) is 29.3 Å². The van der Waals surface area contributed by atoms with E-state index >= 15 is 0 Å². The number of amides is 1. The van der Waals surface area contributed by atoms with Gasteiger partial charge in [0, 0.05) is 32.7 Å². The Morgan fingerprint density at radius 1 is 1.12 bits per heavy atom. The van der Waals surface area contributed by atoms with Gasteiger partial charge in [-0.3, -0.25) is 9.79 Å².